The lowest BCUT2D eigenvalue weighted by Crippen LogP contribution is -2.52. The van der Waals surface area contributed by atoms with Gasteiger partial charge in [0.1, 0.15) is 9.75 Å². The van der Waals surface area contributed by atoms with Crippen molar-refractivity contribution >= 4 is 33.2 Å². The van der Waals surface area contributed by atoms with Crippen LogP contribution in [-0.4, -0.2) is 30.9 Å². The largest absolute Gasteiger partial charge is 0.478 e. The van der Waals surface area contributed by atoms with Gasteiger partial charge in [-0.2, -0.15) is 4.72 Å². The van der Waals surface area contributed by atoms with Gasteiger partial charge in [0, 0.05) is 5.38 Å². The molecule has 0 unspecified atom stereocenters. The number of carbonyl (C=O) groups excluding carboxylic acids is 1. The van der Waals surface area contributed by atoms with Crippen molar-refractivity contribution in [2.75, 3.05) is 0 Å². The zero-order valence-corrected chi connectivity index (χ0v) is 11.3. The van der Waals surface area contributed by atoms with Crippen molar-refractivity contribution in [2.45, 2.75) is 23.6 Å². The third-order valence-corrected chi connectivity index (χ3v) is 5.19. The SMILES string of the molecule is CC(C)(NS(=O)(=O)c1cc(C(=O)O)cs1)C(N)=O. The van der Waals surface area contributed by atoms with Gasteiger partial charge in [-0.25, -0.2) is 13.2 Å². The lowest BCUT2D eigenvalue weighted by atomic mass is 10.1. The molecule has 0 atom stereocenters. The maximum atomic E-state index is 11.9. The summed E-state index contributed by atoms with van der Waals surface area (Å²) in [5, 5.41) is 9.90. The molecule has 1 rings (SSSR count). The summed E-state index contributed by atoms with van der Waals surface area (Å²) in [6.45, 7) is 2.64. The average Bonchev–Trinajstić information content (AvgIpc) is 2.64. The molecule has 1 heterocycles. The Labute approximate surface area is 108 Å². The van der Waals surface area contributed by atoms with Gasteiger partial charge in [0.15, 0.2) is 0 Å². The highest BCUT2D eigenvalue weighted by molar-refractivity contribution is 7.91. The van der Waals surface area contributed by atoms with E-state index in [2.05, 4.69) is 4.72 Å². The van der Waals surface area contributed by atoms with Gasteiger partial charge in [-0.05, 0) is 19.9 Å². The maximum absolute atomic E-state index is 11.9. The molecule has 1 amide bonds. The first-order chi connectivity index (χ1) is 8.06. The number of carbonyl (C=O) groups is 2. The number of hydrogen-bond acceptors (Lipinski definition) is 5. The summed E-state index contributed by atoms with van der Waals surface area (Å²) in [5.41, 5.74) is 3.47. The number of primary amides is 1. The van der Waals surface area contributed by atoms with E-state index >= 15 is 0 Å². The Balaban J connectivity index is 3.07. The van der Waals surface area contributed by atoms with Crippen LogP contribution in [0.3, 0.4) is 0 Å². The van der Waals surface area contributed by atoms with Crippen molar-refractivity contribution < 1.29 is 23.1 Å². The highest BCUT2D eigenvalue weighted by Gasteiger charge is 2.32. The second kappa shape index (κ2) is 4.67. The van der Waals surface area contributed by atoms with E-state index in [0.717, 1.165) is 17.4 Å². The molecule has 0 saturated carbocycles. The van der Waals surface area contributed by atoms with E-state index in [1.54, 1.807) is 0 Å². The van der Waals surface area contributed by atoms with Crippen molar-refractivity contribution in [1.29, 1.82) is 0 Å². The van der Waals surface area contributed by atoms with Crippen LogP contribution in [0.4, 0.5) is 0 Å². The second-order valence-electron chi connectivity index (χ2n) is 4.05. The van der Waals surface area contributed by atoms with Crippen LogP contribution in [0.2, 0.25) is 0 Å². The van der Waals surface area contributed by atoms with Crippen LogP contribution >= 0.6 is 11.3 Å². The number of carboxylic acid groups (broad SMARTS) is 1. The highest BCUT2D eigenvalue weighted by atomic mass is 32.2. The molecule has 0 aliphatic rings. The predicted octanol–water partition coefficient (Wildman–Crippen LogP) is -0.0115. The molecule has 0 fully saturated rings. The molecule has 1 aromatic rings. The number of sulfonamides is 1. The predicted molar refractivity (Wildman–Crippen MR) is 64.9 cm³/mol. The van der Waals surface area contributed by atoms with E-state index in [0.29, 0.717) is 0 Å². The molecule has 0 aliphatic heterocycles. The Morgan fingerprint density at radius 3 is 2.39 bits per heavy atom. The number of hydrogen-bond donors (Lipinski definition) is 3. The zero-order chi connectivity index (χ0) is 14.1. The Bertz CT molecular complexity index is 588. The third-order valence-electron chi connectivity index (χ3n) is 2.09. The Kier molecular flexibility index (Phi) is 3.79. The number of amides is 1. The van der Waals surface area contributed by atoms with Crippen LogP contribution in [0.25, 0.3) is 0 Å². The van der Waals surface area contributed by atoms with Gasteiger partial charge in [0.25, 0.3) is 10.0 Å². The Morgan fingerprint density at radius 1 is 1.44 bits per heavy atom. The normalized spacial score (nSPS) is 12.3. The Morgan fingerprint density at radius 2 is 2.00 bits per heavy atom. The quantitative estimate of drug-likeness (QED) is 0.703. The summed E-state index contributed by atoms with van der Waals surface area (Å²) in [6.07, 6.45) is 0. The number of carboxylic acids is 1. The van der Waals surface area contributed by atoms with Crippen LogP contribution in [0.5, 0.6) is 0 Å². The van der Waals surface area contributed by atoms with E-state index in [-0.39, 0.29) is 9.77 Å². The summed E-state index contributed by atoms with van der Waals surface area (Å²) >= 11 is 0.754. The molecular weight excluding hydrogens is 280 g/mol. The van der Waals surface area contributed by atoms with E-state index in [1.165, 1.54) is 19.2 Å². The summed E-state index contributed by atoms with van der Waals surface area (Å²) in [5.74, 6) is -2.05. The van der Waals surface area contributed by atoms with E-state index in [1.807, 2.05) is 0 Å². The van der Waals surface area contributed by atoms with Crippen LogP contribution in [0.15, 0.2) is 15.7 Å². The van der Waals surface area contributed by atoms with E-state index < -0.39 is 27.4 Å². The molecular formula is C9H12N2O5S2. The third kappa shape index (κ3) is 3.06. The first-order valence-electron chi connectivity index (χ1n) is 4.72. The van der Waals surface area contributed by atoms with Crippen LogP contribution < -0.4 is 10.5 Å². The molecule has 9 heteroatoms. The van der Waals surface area contributed by atoms with Crippen molar-refractivity contribution in [3.8, 4) is 0 Å². The summed E-state index contributed by atoms with van der Waals surface area (Å²) < 4.78 is 25.7. The van der Waals surface area contributed by atoms with Crippen molar-refractivity contribution in [2.24, 2.45) is 5.73 Å². The zero-order valence-electron chi connectivity index (χ0n) is 9.63. The van der Waals surface area contributed by atoms with Gasteiger partial charge in [-0.1, -0.05) is 0 Å². The number of nitrogens with one attached hydrogen (secondary N) is 1. The molecule has 0 aliphatic carbocycles. The van der Waals surface area contributed by atoms with Crippen LogP contribution in [-0.2, 0) is 14.8 Å². The topological polar surface area (TPSA) is 127 Å². The second-order valence-corrected chi connectivity index (χ2v) is 6.87. The van der Waals surface area contributed by atoms with E-state index in [9.17, 15) is 18.0 Å². The molecule has 0 saturated heterocycles. The maximum Gasteiger partial charge on any atom is 0.336 e. The molecule has 0 aromatic carbocycles. The van der Waals surface area contributed by atoms with Gasteiger partial charge >= 0.3 is 5.97 Å². The van der Waals surface area contributed by atoms with Gasteiger partial charge in [-0.3, -0.25) is 4.79 Å². The molecule has 100 valence electrons. The number of thiophene rings is 1. The van der Waals surface area contributed by atoms with Gasteiger partial charge in [0.2, 0.25) is 5.91 Å². The van der Waals surface area contributed by atoms with Gasteiger partial charge in [-0.15, -0.1) is 11.3 Å². The van der Waals surface area contributed by atoms with Gasteiger partial charge in [0.05, 0.1) is 5.56 Å². The molecule has 0 radical (unpaired) electrons. The van der Waals surface area contributed by atoms with Crippen LogP contribution in [0.1, 0.15) is 24.2 Å². The first-order valence-corrected chi connectivity index (χ1v) is 7.08. The molecule has 4 N–H and O–H groups in total. The number of rotatable bonds is 5. The summed E-state index contributed by atoms with van der Waals surface area (Å²) in [6, 6.07) is 1.02. The lowest BCUT2D eigenvalue weighted by molar-refractivity contribution is -0.122. The summed E-state index contributed by atoms with van der Waals surface area (Å²) in [7, 11) is -3.97. The molecule has 1 aromatic heterocycles. The minimum atomic E-state index is -3.97. The lowest BCUT2D eigenvalue weighted by Gasteiger charge is -2.21. The fraction of sp³-hybridized carbons (Fsp3) is 0.333. The summed E-state index contributed by atoms with van der Waals surface area (Å²) in [4.78, 5) is 21.7. The standard InChI is InChI=1S/C9H12N2O5S2/c1-9(2,8(10)14)11-18(15,16)6-3-5(4-17-6)7(12)13/h3-4,11H,1-2H3,(H2,10,14)(H,12,13). The van der Waals surface area contributed by atoms with Crippen molar-refractivity contribution in [3.05, 3.63) is 17.0 Å². The fourth-order valence-corrected chi connectivity index (χ4v) is 3.54. The fourth-order valence-electron chi connectivity index (χ4n) is 1.01. The number of nitrogens with two attached hydrogens (primary N) is 1. The monoisotopic (exact) mass is 292 g/mol. The molecule has 18 heavy (non-hydrogen) atoms. The molecule has 0 bridgehead atoms. The van der Waals surface area contributed by atoms with Gasteiger partial charge < -0.3 is 10.8 Å². The van der Waals surface area contributed by atoms with E-state index in [4.69, 9.17) is 10.8 Å². The Hall–Kier alpha value is -1.45. The van der Waals surface area contributed by atoms with Crippen LogP contribution in [0, 0.1) is 0 Å². The first kappa shape index (κ1) is 14.6. The van der Waals surface area contributed by atoms with Crippen molar-refractivity contribution in [1.82, 2.24) is 4.72 Å². The van der Waals surface area contributed by atoms with Crippen molar-refractivity contribution in [3.63, 3.8) is 0 Å². The molecule has 0 spiro atoms. The average molecular weight is 292 g/mol. The smallest absolute Gasteiger partial charge is 0.336 e. The molecule has 7 nitrogen and oxygen atoms in total. The minimum Gasteiger partial charge on any atom is -0.478 e. The number of aromatic carboxylic acids is 1. The minimum absolute atomic E-state index is 0.128. The highest BCUT2D eigenvalue weighted by Crippen LogP contribution is 2.21.